The molecule has 1 fully saturated rings. The van der Waals surface area contributed by atoms with Gasteiger partial charge in [0.25, 0.3) is 11.8 Å². The highest BCUT2D eigenvalue weighted by Gasteiger charge is 2.25. The molecule has 7 nitrogen and oxygen atoms in total. The van der Waals surface area contributed by atoms with E-state index in [-0.39, 0.29) is 11.8 Å². The van der Waals surface area contributed by atoms with Crippen LogP contribution in [-0.4, -0.2) is 51.1 Å². The molecule has 3 aromatic rings. The molecule has 0 spiro atoms. The zero-order valence-electron chi connectivity index (χ0n) is 17.0. The Balaban J connectivity index is 1.25. The number of nitrogens with one attached hydrogen (secondary N) is 1. The molecule has 0 radical (unpaired) electrons. The Bertz CT molecular complexity index is 1010. The van der Waals surface area contributed by atoms with Crippen LogP contribution in [0.3, 0.4) is 0 Å². The highest BCUT2D eigenvalue weighted by molar-refractivity contribution is 7.09. The van der Waals surface area contributed by atoms with Crippen LogP contribution in [0.4, 0.5) is 0 Å². The van der Waals surface area contributed by atoms with Gasteiger partial charge in [-0.2, -0.15) is 5.10 Å². The summed E-state index contributed by atoms with van der Waals surface area (Å²) in [6.07, 6.45) is 5.77. The molecule has 1 aromatic carbocycles. The Morgan fingerprint density at radius 1 is 1.20 bits per heavy atom. The van der Waals surface area contributed by atoms with Gasteiger partial charge in [-0.3, -0.25) is 14.3 Å². The van der Waals surface area contributed by atoms with E-state index in [4.69, 9.17) is 0 Å². The van der Waals surface area contributed by atoms with Crippen LogP contribution in [0.15, 0.2) is 48.1 Å². The van der Waals surface area contributed by atoms with Crippen molar-refractivity contribution >= 4 is 23.2 Å². The topological polar surface area (TPSA) is 80.1 Å². The summed E-state index contributed by atoms with van der Waals surface area (Å²) in [5.41, 5.74) is 2.30. The monoisotopic (exact) mass is 423 g/mol. The zero-order valence-corrected chi connectivity index (χ0v) is 17.8. The number of amides is 2. The molecule has 0 bridgehead atoms. The molecular formula is C22H25N5O2S. The third kappa shape index (κ3) is 4.94. The van der Waals surface area contributed by atoms with E-state index in [2.05, 4.69) is 27.5 Å². The van der Waals surface area contributed by atoms with Crippen molar-refractivity contribution in [1.29, 1.82) is 0 Å². The standard InChI is InChI=1S/C22H25N5O2S/c1-26-14-18(13-24-26)21(28)23-12-17-7-9-27(10-8-17)22(29)19-15-30-20(25-19)11-16-5-3-2-4-6-16/h2-6,13-15,17H,7-12H2,1H3,(H,23,28). The first-order valence-corrected chi connectivity index (χ1v) is 11.0. The third-order valence-electron chi connectivity index (χ3n) is 5.39. The molecule has 8 heteroatoms. The van der Waals surface area contributed by atoms with Crippen molar-refractivity contribution in [2.45, 2.75) is 19.3 Å². The van der Waals surface area contributed by atoms with Crippen LogP contribution >= 0.6 is 11.3 Å². The van der Waals surface area contributed by atoms with Gasteiger partial charge in [-0.15, -0.1) is 11.3 Å². The fourth-order valence-corrected chi connectivity index (χ4v) is 4.44. The van der Waals surface area contributed by atoms with Crippen LogP contribution in [0.25, 0.3) is 0 Å². The summed E-state index contributed by atoms with van der Waals surface area (Å²) in [6, 6.07) is 10.2. The van der Waals surface area contributed by atoms with Crippen LogP contribution in [0.5, 0.6) is 0 Å². The zero-order chi connectivity index (χ0) is 20.9. The van der Waals surface area contributed by atoms with Gasteiger partial charge in [0, 0.05) is 44.7 Å². The molecule has 1 N–H and O–H groups in total. The molecule has 156 valence electrons. The average molecular weight is 424 g/mol. The first kappa shape index (κ1) is 20.3. The number of benzene rings is 1. The Labute approximate surface area is 179 Å². The van der Waals surface area contributed by atoms with E-state index in [1.165, 1.54) is 16.9 Å². The molecule has 2 amide bonds. The Hall–Kier alpha value is -3.00. The first-order valence-electron chi connectivity index (χ1n) is 10.1. The molecule has 1 aliphatic rings. The number of rotatable bonds is 6. The SMILES string of the molecule is Cn1cc(C(=O)NCC2CCN(C(=O)c3csc(Cc4ccccc4)n3)CC2)cn1. The normalized spacial score (nSPS) is 14.6. The lowest BCUT2D eigenvalue weighted by Crippen LogP contribution is -2.41. The molecule has 1 saturated heterocycles. The summed E-state index contributed by atoms with van der Waals surface area (Å²) >= 11 is 1.54. The quantitative estimate of drug-likeness (QED) is 0.661. The van der Waals surface area contributed by atoms with Crippen molar-refractivity contribution in [3.63, 3.8) is 0 Å². The number of carbonyl (C=O) groups excluding carboxylic acids is 2. The second kappa shape index (κ2) is 9.21. The molecule has 2 aromatic heterocycles. The molecule has 0 saturated carbocycles. The van der Waals surface area contributed by atoms with Crippen molar-refractivity contribution in [3.8, 4) is 0 Å². The molecule has 1 aliphatic heterocycles. The number of carbonyl (C=O) groups is 2. The van der Waals surface area contributed by atoms with Crippen molar-refractivity contribution in [2.24, 2.45) is 13.0 Å². The minimum Gasteiger partial charge on any atom is -0.352 e. The van der Waals surface area contributed by atoms with E-state index in [1.807, 2.05) is 28.5 Å². The van der Waals surface area contributed by atoms with E-state index in [0.29, 0.717) is 36.8 Å². The lowest BCUT2D eigenvalue weighted by molar-refractivity contribution is 0.0679. The molecular weight excluding hydrogens is 398 g/mol. The highest BCUT2D eigenvalue weighted by Crippen LogP contribution is 2.21. The number of piperidine rings is 1. The first-order chi connectivity index (χ1) is 14.6. The summed E-state index contributed by atoms with van der Waals surface area (Å²) in [4.78, 5) is 31.4. The van der Waals surface area contributed by atoms with Gasteiger partial charge in [0.1, 0.15) is 5.69 Å². The summed E-state index contributed by atoms with van der Waals surface area (Å²) in [6.45, 7) is 2.00. The minimum atomic E-state index is -0.102. The van der Waals surface area contributed by atoms with E-state index in [0.717, 1.165) is 24.3 Å². The number of nitrogens with zero attached hydrogens (tertiary/aromatic N) is 4. The summed E-state index contributed by atoms with van der Waals surface area (Å²) < 4.78 is 1.61. The second-order valence-electron chi connectivity index (χ2n) is 7.64. The lowest BCUT2D eigenvalue weighted by Gasteiger charge is -2.31. The van der Waals surface area contributed by atoms with E-state index >= 15 is 0 Å². The van der Waals surface area contributed by atoms with Gasteiger partial charge < -0.3 is 10.2 Å². The van der Waals surface area contributed by atoms with E-state index in [1.54, 1.807) is 24.1 Å². The van der Waals surface area contributed by atoms with Gasteiger partial charge >= 0.3 is 0 Å². The van der Waals surface area contributed by atoms with Crippen molar-refractivity contribution in [2.75, 3.05) is 19.6 Å². The van der Waals surface area contributed by atoms with Gasteiger partial charge in [0.05, 0.1) is 16.8 Å². The number of aromatic nitrogens is 3. The van der Waals surface area contributed by atoms with Crippen LogP contribution < -0.4 is 5.32 Å². The molecule has 4 rings (SSSR count). The molecule has 0 unspecified atom stereocenters. The number of hydrogen-bond acceptors (Lipinski definition) is 5. The lowest BCUT2D eigenvalue weighted by atomic mass is 9.96. The maximum absolute atomic E-state index is 12.8. The third-order valence-corrected chi connectivity index (χ3v) is 6.24. The molecule has 3 heterocycles. The largest absolute Gasteiger partial charge is 0.352 e. The van der Waals surface area contributed by atoms with Crippen LogP contribution in [-0.2, 0) is 13.5 Å². The maximum Gasteiger partial charge on any atom is 0.273 e. The highest BCUT2D eigenvalue weighted by atomic mass is 32.1. The molecule has 0 aliphatic carbocycles. The van der Waals surface area contributed by atoms with Crippen molar-refractivity contribution in [1.82, 2.24) is 25.0 Å². The summed E-state index contributed by atoms with van der Waals surface area (Å²) in [7, 11) is 1.79. The predicted octanol–water partition coefficient (Wildman–Crippen LogP) is 2.75. The smallest absolute Gasteiger partial charge is 0.273 e. The van der Waals surface area contributed by atoms with Gasteiger partial charge in [0.15, 0.2) is 0 Å². The average Bonchev–Trinajstić information content (AvgIpc) is 3.42. The minimum absolute atomic E-state index is 0.00315. The fourth-order valence-electron chi connectivity index (χ4n) is 3.64. The maximum atomic E-state index is 12.8. The Morgan fingerprint density at radius 3 is 2.67 bits per heavy atom. The fraction of sp³-hybridized carbons (Fsp3) is 0.364. The summed E-state index contributed by atoms with van der Waals surface area (Å²) in [5.74, 6) is 0.275. The van der Waals surface area contributed by atoms with Gasteiger partial charge in [-0.1, -0.05) is 30.3 Å². The number of aryl methyl sites for hydroxylation is 1. The number of thiazole rings is 1. The van der Waals surface area contributed by atoms with Crippen molar-refractivity contribution in [3.05, 3.63) is 69.9 Å². The predicted molar refractivity (Wildman–Crippen MR) is 116 cm³/mol. The number of hydrogen-bond donors (Lipinski definition) is 1. The Morgan fingerprint density at radius 2 is 1.97 bits per heavy atom. The molecule has 30 heavy (non-hydrogen) atoms. The van der Waals surface area contributed by atoms with Gasteiger partial charge in [-0.25, -0.2) is 4.98 Å². The Kier molecular flexibility index (Phi) is 6.23. The second-order valence-corrected chi connectivity index (χ2v) is 8.58. The van der Waals surface area contributed by atoms with Crippen molar-refractivity contribution < 1.29 is 9.59 Å². The van der Waals surface area contributed by atoms with Gasteiger partial charge in [0.2, 0.25) is 0 Å². The van der Waals surface area contributed by atoms with E-state index in [9.17, 15) is 9.59 Å². The van der Waals surface area contributed by atoms with Crippen LogP contribution in [0.1, 0.15) is 44.3 Å². The van der Waals surface area contributed by atoms with Crippen LogP contribution in [0, 0.1) is 5.92 Å². The van der Waals surface area contributed by atoms with Crippen LogP contribution in [0.2, 0.25) is 0 Å². The van der Waals surface area contributed by atoms with Gasteiger partial charge in [-0.05, 0) is 24.3 Å². The molecule has 0 atom stereocenters. The number of likely N-dealkylation sites (tertiary alicyclic amines) is 1. The van der Waals surface area contributed by atoms with E-state index < -0.39 is 0 Å². The summed E-state index contributed by atoms with van der Waals surface area (Å²) in [5, 5.41) is 9.82.